The van der Waals surface area contributed by atoms with Crippen molar-refractivity contribution in [2.24, 2.45) is 16.1 Å². The van der Waals surface area contributed by atoms with Gasteiger partial charge in [0.05, 0.1) is 12.2 Å². The molecule has 39 heavy (non-hydrogen) atoms. The SMILES string of the molecule is Cc1cccc(OCC(=O)N=Nc2c(O)n(CN3C[C@H]4C[C@@H](C3)c3cccc(=O)n3C4)c3ccccc23)c1C. The molecule has 9 heteroatoms. The van der Waals surface area contributed by atoms with E-state index in [-0.39, 0.29) is 29.7 Å². The van der Waals surface area contributed by atoms with Gasteiger partial charge in [-0.05, 0) is 55.5 Å². The van der Waals surface area contributed by atoms with E-state index in [9.17, 15) is 14.7 Å². The molecular formula is C30H31N5O4. The average Bonchev–Trinajstić information content (AvgIpc) is 3.19. The highest BCUT2D eigenvalue weighted by molar-refractivity contribution is 5.95. The number of aromatic nitrogens is 2. The molecule has 1 amide bonds. The maximum absolute atomic E-state index is 12.5. The zero-order chi connectivity index (χ0) is 27.1. The second-order valence-corrected chi connectivity index (χ2v) is 10.6. The molecule has 2 atom stereocenters. The number of likely N-dealkylation sites (tertiary alicyclic amines) is 1. The number of aromatic hydroxyl groups is 1. The predicted octanol–water partition coefficient (Wildman–Crippen LogP) is 4.89. The number of benzene rings is 2. The van der Waals surface area contributed by atoms with E-state index in [1.54, 1.807) is 6.07 Å². The maximum atomic E-state index is 12.5. The van der Waals surface area contributed by atoms with Crippen molar-refractivity contribution in [2.75, 3.05) is 19.7 Å². The molecule has 2 aliphatic heterocycles. The molecule has 1 fully saturated rings. The van der Waals surface area contributed by atoms with E-state index in [4.69, 9.17) is 4.74 Å². The highest BCUT2D eigenvalue weighted by Crippen LogP contribution is 2.40. The molecule has 1 saturated heterocycles. The number of piperidine rings is 1. The largest absolute Gasteiger partial charge is 0.493 e. The molecule has 200 valence electrons. The summed E-state index contributed by atoms with van der Waals surface area (Å²) >= 11 is 0. The molecule has 0 spiro atoms. The molecule has 4 aromatic rings. The molecular weight excluding hydrogens is 494 g/mol. The van der Waals surface area contributed by atoms with Gasteiger partial charge in [0.2, 0.25) is 5.88 Å². The lowest BCUT2D eigenvalue weighted by Crippen LogP contribution is -2.47. The lowest BCUT2D eigenvalue weighted by atomic mass is 9.83. The molecule has 0 saturated carbocycles. The van der Waals surface area contributed by atoms with Crippen LogP contribution < -0.4 is 10.3 Å². The Kier molecular flexibility index (Phi) is 6.52. The predicted molar refractivity (Wildman–Crippen MR) is 148 cm³/mol. The van der Waals surface area contributed by atoms with Crippen LogP contribution in [0.3, 0.4) is 0 Å². The lowest BCUT2D eigenvalue weighted by Gasteiger charge is -2.42. The van der Waals surface area contributed by atoms with Crippen LogP contribution >= 0.6 is 0 Å². The van der Waals surface area contributed by atoms with E-state index in [1.165, 1.54) is 0 Å². The summed E-state index contributed by atoms with van der Waals surface area (Å²) in [5.74, 6) is 0.704. The van der Waals surface area contributed by atoms with Crippen LogP contribution in [0.15, 0.2) is 75.7 Å². The van der Waals surface area contributed by atoms with Crippen LogP contribution in [0.25, 0.3) is 10.9 Å². The number of azo groups is 1. The van der Waals surface area contributed by atoms with E-state index in [0.717, 1.165) is 47.2 Å². The maximum Gasteiger partial charge on any atom is 0.302 e. The minimum atomic E-state index is -0.537. The van der Waals surface area contributed by atoms with Crippen LogP contribution in [-0.4, -0.2) is 44.7 Å². The van der Waals surface area contributed by atoms with Crippen molar-refractivity contribution in [3.63, 3.8) is 0 Å². The van der Waals surface area contributed by atoms with E-state index < -0.39 is 5.91 Å². The van der Waals surface area contributed by atoms with Gasteiger partial charge >= 0.3 is 5.91 Å². The molecule has 2 aromatic carbocycles. The first-order valence-corrected chi connectivity index (χ1v) is 13.2. The molecule has 6 rings (SSSR count). The summed E-state index contributed by atoms with van der Waals surface area (Å²) in [4.78, 5) is 27.2. The normalized spacial score (nSPS) is 18.9. The number of fused-ring (bicyclic) bond motifs is 5. The van der Waals surface area contributed by atoms with Crippen LogP contribution in [-0.2, 0) is 18.0 Å². The summed E-state index contributed by atoms with van der Waals surface area (Å²) in [5.41, 5.74) is 4.28. The van der Waals surface area contributed by atoms with Crippen molar-refractivity contribution in [2.45, 2.75) is 39.4 Å². The third kappa shape index (κ3) is 4.74. The highest BCUT2D eigenvalue weighted by atomic mass is 16.5. The summed E-state index contributed by atoms with van der Waals surface area (Å²) in [7, 11) is 0. The molecule has 9 nitrogen and oxygen atoms in total. The number of rotatable bonds is 6. The smallest absolute Gasteiger partial charge is 0.302 e. The first kappa shape index (κ1) is 25.1. The number of hydrogen-bond acceptors (Lipinski definition) is 6. The van der Waals surface area contributed by atoms with Gasteiger partial charge in [-0.15, -0.1) is 10.2 Å². The fraction of sp³-hybridized carbons (Fsp3) is 0.333. The van der Waals surface area contributed by atoms with Crippen molar-refractivity contribution in [3.05, 3.63) is 87.8 Å². The molecule has 2 aliphatic rings. The third-order valence-electron chi connectivity index (χ3n) is 7.98. The summed E-state index contributed by atoms with van der Waals surface area (Å²) in [6.07, 6.45) is 1.06. The number of carbonyl (C=O) groups excluding carboxylic acids is 1. The standard InChI is InChI=1S/C30H31N5O4/c1-19-7-5-11-26(20(19)2)39-17-27(36)31-32-29-23-8-3-4-9-25(23)35(30(29)38)18-33-14-21-13-22(16-33)24-10-6-12-28(37)34(24)15-21/h3-12,21-22,38H,13-18H2,1-2H3/t21-,22+/m1/s1. The van der Waals surface area contributed by atoms with E-state index >= 15 is 0 Å². The van der Waals surface area contributed by atoms with Crippen molar-refractivity contribution in [3.8, 4) is 11.6 Å². The second kappa shape index (κ2) is 10.1. The Balaban J connectivity index is 1.21. The number of amides is 1. The Labute approximate surface area is 226 Å². The summed E-state index contributed by atoms with van der Waals surface area (Å²) in [6.45, 7) is 6.48. The number of pyridine rings is 1. The summed E-state index contributed by atoms with van der Waals surface area (Å²) in [5, 5.41) is 20.0. The number of ether oxygens (including phenoxy) is 1. The van der Waals surface area contributed by atoms with Crippen LogP contribution in [0.2, 0.25) is 0 Å². The second-order valence-electron chi connectivity index (χ2n) is 10.6. The minimum absolute atomic E-state index is 0.0319. The fourth-order valence-electron chi connectivity index (χ4n) is 5.98. The van der Waals surface area contributed by atoms with E-state index in [2.05, 4.69) is 15.1 Å². The quantitative estimate of drug-likeness (QED) is 0.361. The van der Waals surface area contributed by atoms with E-state index in [1.807, 2.05) is 77.6 Å². The monoisotopic (exact) mass is 525 g/mol. The lowest BCUT2D eigenvalue weighted by molar-refractivity contribution is -0.120. The van der Waals surface area contributed by atoms with Crippen LogP contribution in [0.4, 0.5) is 5.69 Å². The summed E-state index contributed by atoms with van der Waals surface area (Å²) in [6, 6.07) is 18.8. The van der Waals surface area contributed by atoms with Gasteiger partial charge in [-0.3, -0.25) is 19.1 Å². The number of hydrogen-bond donors (Lipinski definition) is 1. The van der Waals surface area contributed by atoms with Crippen molar-refractivity contribution >= 4 is 22.5 Å². The number of carbonyl (C=O) groups is 1. The molecule has 4 heterocycles. The molecule has 0 unspecified atom stereocenters. The summed E-state index contributed by atoms with van der Waals surface area (Å²) < 4.78 is 9.40. The third-order valence-corrected chi connectivity index (χ3v) is 7.98. The Bertz CT molecular complexity index is 1650. The van der Waals surface area contributed by atoms with Crippen molar-refractivity contribution in [1.29, 1.82) is 0 Å². The highest BCUT2D eigenvalue weighted by Gasteiger charge is 2.35. The molecule has 0 radical (unpaired) electrons. The van der Waals surface area contributed by atoms with Crippen LogP contribution in [0.1, 0.15) is 29.2 Å². The van der Waals surface area contributed by atoms with Crippen LogP contribution in [0.5, 0.6) is 11.6 Å². The number of para-hydroxylation sites is 1. The first-order valence-electron chi connectivity index (χ1n) is 13.2. The van der Waals surface area contributed by atoms with Crippen LogP contribution in [0, 0.1) is 19.8 Å². The Hall–Kier alpha value is -4.24. The van der Waals surface area contributed by atoms with Gasteiger partial charge in [-0.25, -0.2) is 0 Å². The van der Waals surface area contributed by atoms with Gasteiger partial charge in [0.15, 0.2) is 12.3 Å². The number of aryl methyl sites for hydroxylation is 1. The van der Waals surface area contributed by atoms with E-state index in [0.29, 0.717) is 24.9 Å². The Morgan fingerprint density at radius 3 is 2.72 bits per heavy atom. The molecule has 0 aliphatic carbocycles. The minimum Gasteiger partial charge on any atom is -0.493 e. The van der Waals surface area contributed by atoms with Gasteiger partial charge < -0.3 is 14.4 Å². The molecule has 1 N–H and O–H groups in total. The average molecular weight is 526 g/mol. The van der Waals surface area contributed by atoms with Crippen molar-refractivity contribution < 1.29 is 14.6 Å². The molecule has 2 aromatic heterocycles. The Morgan fingerprint density at radius 1 is 1.03 bits per heavy atom. The zero-order valence-electron chi connectivity index (χ0n) is 22.1. The van der Waals surface area contributed by atoms with Gasteiger partial charge in [0, 0.05) is 42.7 Å². The van der Waals surface area contributed by atoms with Crippen molar-refractivity contribution in [1.82, 2.24) is 14.0 Å². The van der Waals surface area contributed by atoms with Gasteiger partial charge in [0.1, 0.15) is 5.75 Å². The van der Waals surface area contributed by atoms with Gasteiger partial charge in [0.25, 0.3) is 5.56 Å². The number of nitrogens with zero attached hydrogens (tertiary/aromatic N) is 5. The fourth-order valence-corrected chi connectivity index (χ4v) is 5.98. The topological polar surface area (TPSA) is 101 Å². The van der Waals surface area contributed by atoms with Gasteiger partial charge in [-0.2, -0.15) is 0 Å². The zero-order valence-corrected chi connectivity index (χ0v) is 22.1. The molecule has 2 bridgehead atoms. The first-order chi connectivity index (χ1) is 18.9. The van der Waals surface area contributed by atoms with Gasteiger partial charge in [-0.1, -0.05) is 36.4 Å². The Morgan fingerprint density at radius 2 is 1.85 bits per heavy atom.